The van der Waals surface area contributed by atoms with Crippen LogP contribution in [0.15, 0.2) is 89.1 Å². The molecule has 1 atom stereocenters. The van der Waals surface area contributed by atoms with E-state index in [1.807, 2.05) is 10.6 Å². The van der Waals surface area contributed by atoms with E-state index in [0.29, 0.717) is 29.5 Å². The minimum absolute atomic E-state index is 0.00673. The number of ketones is 1. The largest absolute Gasteiger partial charge is 0.503 e. The van der Waals surface area contributed by atoms with Crippen LogP contribution in [-0.4, -0.2) is 42.7 Å². The van der Waals surface area contributed by atoms with Crippen LogP contribution in [0, 0.1) is 10.1 Å². The molecule has 1 aliphatic heterocycles. The number of aliphatic hydroxyl groups excluding tert-OH is 1. The number of benzene rings is 2. The van der Waals surface area contributed by atoms with Crippen LogP contribution in [0.3, 0.4) is 0 Å². The molecule has 0 aliphatic carbocycles. The molecule has 10 heteroatoms. The number of carbonyl (C=O) groups is 2. The number of para-hydroxylation sites is 1. The van der Waals surface area contributed by atoms with Crippen LogP contribution in [0.4, 0.5) is 5.69 Å². The van der Waals surface area contributed by atoms with Crippen LogP contribution < -0.4 is 0 Å². The predicted molar refractivity (Wildman–Crippen MR) is 125 cm³/mol. The Bertz CT molecular complexity index is 1420. The topological polar surface area (TPSA) is 132 Å². The lowest BCUT2D eigenvalue weighted by Crippen LogP contribution is -2.32. The third-order valence-electron chi connectivity index (χ3n) is 5.99. The van der Waals surface area contributed by atoms with E-state index in [1.54, 1.807) is 43.0 Å². The van der Waals surface area contributed by atoms with Crippen molar-refractivity contribution in [3.05, 3.63) is 106 Å². The highest BCUT2D eigenvalue weighted by atomic mass is 16.6. The molecule has 2 aromatic carbocycles. The fraction of sp³-hybridized carbons (Fsp3) is 0.160. The van der Waals surface area contributed by atoms with Crippen LogP contribution in [0.25, 0.3) is 11.0 Å². The summed E-state index contributed by atoms with van der Waals surface area (Å²) in [5.41, 5.74) is 0.730. The predicted octanol–water partition coefficient (Wildman–Crippen LogP) is 4.21. The normalized spacial score (nSPS) is 15.8. The van der Waals surface area contributed by atoms with Crippen molar-refractivity contribution in [2.24, 2.45) is 0 Å². The first-order chi connectivity index (χ1) is 16.9. The first-order valence-corrected chi connectivity index (χ1v) is 10.9. The zero-order valence-corrected chi connectivity index (χ0v) is 18.4. The van der Waals surface area contributed by atoms with Crippen molar-refractivity contribution in [3.63, 3.8) is 0 Å². The van der Waals surface area contributed by atoms with Gasteiger partial charge in [-0.2, -0.15) is 0 Å². The lowest BCUT2D eigenvalue weighted by Gasteiger charge is -2.26. The second-order valence-corrected chi connectivity index (χ2v) is 8.14. The van der Waals surface area contributed by atoms with Crippen LogP contribution in [-0.2, 0) is 11.3 Å². The lowest BCUT2D eigenvalue weighted by atomic mass is 9.94. The van der Waals surface area contributed by atoms with Crippen molar-refractivity contribution < 1.29 is 24.0 Å². The van der Waals surface area contributed by atoms with Crippen LogP contribution >= 0.6 is 0 Å². The molecule has 5 rings (SSSR count). The Labute approximate surface area is 198 Å². The monoisotopic (exact) mass is 472 g/mol. The lowest BCUT2D eigenvalue weighted by molar-refractivity contribution is -0.384. The maximum absolute atomic E-state index is 13.5. The number of non-ortho nitro benzene ring substituents is 1. The first-order valence-electron chi connectivity index (χ1n) is 10.9. The highest BCUT2D eigenvalue weighted by Crippen LogP contribution is 2.40. The number of aryl methyl sites for hydroxylation is 1. The van der Waals surface area contributed by atoms with Crippen molar-refractivity contribution in [1.29, 1.82) is 0 Å². The van der Waals surface area contributed by atoms with E-state index >= 15 is 0 Å². The Balaban J connectivity index is 1.51. The summed E-state index contributed by atoms with van der Waals surface area (Å²) >= 11 is 0. The van der Waals surface area contributed by atoms with Gasteiger partial charge in [-0.25, -0.2) is 4.98 Å². The van der Waals surface area contributed by atoms with Gasteiger partial charge in [0.15, 0.2) is 11.5 Å². The molecule has 1 N–H and O–H groups in total. The van der Waals surface area contributed by atoms with E-state index in [0.717, 1.165) is 0 Å². The van der Waals surface area contributed by atoms with E-state index in [2.05, 4.69) is 4.98 Å². The number of furan rings is 1. The molecule has 0 spiro atoms. The second-order valence-electron chi connectivity index (χ2n) is 8.14. The molecular formula is C25H20N4O6. The van der Waals surface area contributed by atoms with E-state index in [9.17, 15) is 24.8 Å². The number of nitrogens with zero attached hydrogens (tertiary/aromatic N) is 4. The molecule has 176 valence electrons. The molecule has 10 nitrogen and oxygen atoms in total. The van der Waals surface area contributed by atoms with E-state index < -0.39 is 28.4 Å². The number of imidazole rings is 1. The van der Waals surface area contributed by atoms with Gasteiger partial charge in [0, 0.05) is 43.0 Å². The molecule has 1 unspecified atom stereocenters. The second kappa shape index (κ2) is 8.90. The average Bonchev–Trinajstić information content (AvgIpc) is 3.59. The molecule has 0 bridgehead atoms. The number of aromatic nitrogens is 2. The minimum Gasteiger partial charge on any atom is -0.503 e. The number of amides is 1. The molecule has 1 aliphatic rings. The number of nitro benzene ring substituents is 1. The Morgan fingerprint density at radius 3 is 2.60 bits per heavy atom. The maximum atomic E-state index is 13.5. The van der Waals surface area contributed by atoms with Gasteiger partial charge in [-0.05, 0) is 36.2 Å². The summed E-state index contributed by atoms with van der Waals surface area (Å²) < 4.78 is 7.56. The zero-order chi connectivity index (χ0) is 24.5. The average molecular weight is 472 g/mol. The summed E-state index contributed by atoms with van der Waals surface area (Å²) in [5, 5.41) is 22.6. The molecule has 1 amide bonds. The van der Waals surface area contributed by atoms with Crippen LogP contribution in [0.2, 0.25) is 0 Å². The number of carbonyl (C=O) groups excluding carboxylic acids is 2. The van der Waals surface area contributed by atoms with Gasteiger partial charge in [-0.3, -0.25) is 19.7 Å². The summed E-state index contributed by atoms with van der Waals surface area (Å²) in [7, 11) is 0. The summed E-state index contributed by atoms with van der Waals surface area (Å²) in [6.45, 7) is 0.810. The summed E-state index contributed by atoms with van der Waals surface area (Å²) in [4.78, 5) is 42.6. The van der Waals surface area contributed by atoms with E-state index in [1.165, 1.54) is 29.2 Å². The third kappa shape index (κ3) is 4.05. The highest BCUT2D eigenvalue weighted by Gasteiger charge is 2.44. The van der Waals surface area contributed by atoms with Crippen molar-refractivity contribution >= 4 is 28.3 Å². The molecule has 0 fully saturated rings. The number of hydrogen-bond acceptors (Lipinski definition) is 7. The van der Waals surface area contributed by atoms with Gasteiger partial charge < -0.3 is 19.0 Å². The number of Topliss-reactive ketones (excluding diaryl/α,β-unsaturated/α-hetero) is 1. The van der Waals surface area contributed by atoms with Gasteiger partial charge in [0.25, 0.3) is 11.6 Å². The fourth-order valence-electron chi connectivity index (χ4n) is 4.31. The van der Waals surface area contributed by atoms with Gasteiger partial charge in [0.05, 0.1) is 22.9 Å². The molecule has 0 saturated heterocycles. The Morgan fingerprint density at radius 2 is 1.91 bits per heavy atom. The molecule has 0 radical (unpaired) electrons. The molecule has 3 heterocycles. The van der Waals surface area contributed by atoms with Crippen molar-refractivity contribution in [1.82, 2.24) is 14.5 Å². The van der Waals surface area contributed by atoms with Crippen LogP contribution in [0.5, 0.6) is 0 Å². The molecular weight excluding hydrogens is 452 g/mol. The van der Waals surface area contributed by atoms with Gasteiger partial charge in [-0.15, -0.1) is 0 Å². The minimum atomic E-state index is -0.924. The third-order valence-corrected chi connectivity index (χ3v) is 5.99. The number of aliphatic hydroxyl groups is 1. The Morgan fingerprint density at radius 1 is 1.14 bits per heavy atom. The van der Waals surface area contributed by atoms with E-state index in [4.69, 9.17) is 4.42 Å². The first kappa shape index (κ1) is 22.1. The van der Waals surface area contributed by atoms with Gasteiger partial charge in [0.1, 0.15) is 5.58 Å². The molecule has 35 heavy (non-hydrogen) atoms. The number of fused-ring (bicyclic) bond motifs is 1. The Kier molecular flexibility index (Phi) is 5.61. The molecule has 4 aromatic rings. The SMILES string of the molecule is O=C(C1=C(O)C(=O)N(CCCn2ccnc2)C1c1ccc([N+](=O)[O-])cc1)c1cc2ccccc2o1. The molecule has 2 aromatic heterocycles. The van der Waals surface area contributed by atoms with Crippen molar-refractivity contribution in [2.45, 2.75) is 19.0 Å². The molecule has 0 saturated carbocycles. The summed E-state index contributed by atoms with van der Waals surface area (Å²) in [5.74, 6) is -1.96. The Hall–Kier alpha value is -4.73. The maximum Gasteiger partial charge on any atom is 0.290 e. The zero-order valence-electron chi connectivity index (χ0n) is 18.4. The summed E-state index contributed by atoms with van der Waals surface area (Å²) in [6, 6.07) is 13.3. The van der Waals surface area contributed by atoms with Crippen molar-refractivity contribution in [2.75, 3.05) is 6.54 Å². The number of rotatable bonds is 8. The highest BCUT2D eigenvalue weighted by molar-refractivity contribution is 6.16. The van der Waals surface area contributed by atoms with E-state index in [-0.39, 0.29) is 23.6 Å². The summed E-state index contributed by atoms with van der Waals surface area (Å²) in [6.07, 6.45) is 5.64. The number of nitro groups is 1. The van der Waals surface area contributed by atoms with Crippen molar-refractivity contribution in [3.8, 4) is 0 Å². The van der Waals surface area contributed by atoms with Crippen LogP contribution in [0.1, 0.15) is 28.6 Å². The standard InChI is InChI=1S/C25H20N4O6/c30-23(20-14-17-4-1-2-5-19(17)35-20)21-22(16-6-8-18(9-7-16)29(33)34)28(25(32)24(21)31)12-3-11-27-13-10-26-15-27/h1-2,4-10,13-15,22,31H,3,11-12H2. The number of hydrogen-bond donors (Lipinski definition) is 1. The van der Waals surface area contributed by atoms with Gasteiger partial charge in [-0.1, -0.05) is 18.2 Å². The quantitative estimate of drug-likeness (QED) is 0.231. The fourth-order valence-corrected chi connectivity index (χ4v) is 4.31. The smallest absolute Gasteiger partial charge is 0.290 e. The van der Waals surface area contributed by atoms with Gasteiger partial charge >= 0.3 is 0 Å². The van der Waals surface area contributed by atoms with Gasteiger partial charge in [0.2, 0.25) is 5.78 Å².